The first-order chi connectivity index (χ1) is 8.22. The molecule has 1 aromatic rings. The second-order valence-electron chi connectivity index (χ2n) is 4.07. The van der Waals surface area contributed by atoms with Gasteiger partial charge in [0.1, 0.15) is 11.9 Å². The van der Waals surface area contributed by atoms with Gasteiger partial charge in [0.05, 0.1) is 6.07 Å². The maximum atomic E-state index is 12.8. The third-order valence-corrected chi connectivity index (χ3v) is 2.88. The summed E-state index contributed by atoms with van der Waals surface area (Å²) in [5.41, 5.74) is 0.867. The summed E-state index contributed by atoms with van der Waals surface area (Å²) < 4.78 is 12.8. The Balaban J connectivity index is 2.82. The van der Waals surface area contributed by atoms with E-state index in [2.05, 4.69) is 17.9 Å². The minimum absolute atomic E-state index is 0.262. The molecule has 92 valence electrons. The van der Waals surface area contributed by atoms with E-state index in [0.29, 0.717) is 0 Å². The summed E-state index contributed by atoms with van der Waals surface area (Å²) >= 11 is 0. The maximum absolute atomic E-state index is 12.8. The van der Waals surface area contributed by atoms with Crippen molar-refractivity contribution in [2.24, 2.45) is 0 Å². The SMILES string of the molecule is CCCCN(CC)C(C#N)c1ccc(F)cc1. The second-order valence-corrected chi connectivity index (χ2v) is 4.07. The Morgan fingerprint density at radius 3 is 2.41 bits per heavy atom. The van der Waals surface area contributed by atoms with Crippen molar-refractivity contribution >= 4 is 0 Å². The summed E-state index contributed by atoms with van der Waals surface area (Å²) in [5.74, 6) is -0.262. The monoisotopic (exact) mass is 234 g/mol. The number of nitriles is 1. The van der Waals surface area contributed by atoms with E-state index < -0.39 is 0 Å². The molecule has 0 aliphatic rings. The summed E-state index contributed by atoms with van der Waals surface area (Å²) in [6, 6.07) is 8.23. The summed E-state index contributed by atoms with van der Waals surface area (Å²) in [5, 5.41) is 9.26. The minimum atomic E-state index is -0.271. The molecule has 0 radical (unpaired) electrons. The van der Waals surface area contributed by atoms with Gasteiger partial charge >= 0.3 is 0 Å². The molecule has 1 unspecified atom stereocenters. The molecule has 0 spiro atoms. The van der Waals surface area contributed by atoms with Crippen molar-refractivity contribution in [3.63, 3.8) is 0 Å². The van der Waals surface area contributed by atoms with Crippen LogP contribution in [0.15, 0.2) is 24.3 Å². The molecule has 0 saturated heterocycles. The van der Waals surface area contributed by atoms with Crippen LogP contribution in [0.1, 0.15) is 38.3 Å². The van der Waals surface area contributed by atoms with Crippen molar-refractivity contribution in [3.05, 3.63) is 35.6 Å². The predicted molar refractivity (Wildman–Crippen MR) is 66.9 cm³/mol. The summed E-state index contributed by atoms with van der Waals surface area (Å²) in [6.07, 6.45) is 2.19. The van der Waals surface area contributed by atoms with E-state index in [1.807, 2.05) is 6.92 Å². The van der Waals surface area contributed by atoms with Crippen LogP contribution in [-0.2, 0) is 0 Å². The highest BCUT2D eigenvalue weighted by molar-refractivity contribution is 5.24. The van der Waals surface area contributed by atoms with Crippen LogP contribution in [0.3, 0.4) is 0 Å². The fraction of sp³-hybridized carbons (Fsp3) is 0.500. The van der Waals surface area contributed by atoms with Crippen molar-refractivity contribution in [3.8, 4) is 6.07 Å². The van der Waals surface area contributed by atoms with Crippen molar-refractivity contribution in [1.29, 1.82) is 5.26 Å². The second kappa shape index (κ2) is 7.03. The third kappa shape index (κ3) is 3.83. The van der Waals surface area contributed by atoms with Gasteiger partial charge in [-0.25, -0.2) is 4.39 Å². The molecular formula is C14H19FN2. The summed E-state index contributed by atoms with van der Waals surface area (Å²) in [7, 11) is 0. The van der Waals surface area contributed by atoms with Crippen LogP contribution in [0.25, 0.3) is 0 Å². The molecule has 0 aliphatic carbocycles. The van der Waals surface area contributed by atoms with Gasteiger partial charge < -0.3 is 0 Å². The van der Waals surface area contributed by atoms with Crippen molar-refractivity contribution in [1.82, 2.24) is 4.90 Å². The number of benzene rings is 1. The van der Waals surface area contributed by atoms with Gasteiger partial charge in [-0.3, -0.25) is 4.90 Å². The zero-order valence-corrected chi connectivity index (χ0v) is 10.5. The summed E-state index contributed by atoms with van der Waals surface area (Å²) in [4.78, 5) is 2.12. The van der Waals surface area contributed by atoms with Crippen LogP contribution in [-0.4, -0.2) is 18.0 Å². The standard InChI is InChI=1S/C14H19FN2/c1-3-5-10-17(4-2)14(11-16)12-6-8-13(15)9-7-12/h6-9,14H,3-5,10H2,1-2H3. The Morgan fingerprint density at radius 1 is 1.29 bits per heavy atom. The van der Waals surface area contributed by atoms with Crippen LogP contribution >= 0.6 is 0 Å². The Hall–Kier alpha value is -1.40. The third-order valence-electron chi connectivity index (χ3n) is 2.88. The highest BCUT2D eigenvalue weighted by atomic mass is 19.1. The lowest BCUT2D eigenvalue weighted by atomic mass is 10.1. The lowest BCUT2D eigenvalue weighted by Gasteiger charge is -2.25. The summed E-state index contributed by atoms with van der Waals surface area (Å²) in [6.45, 7) is 5.91. The van der Waals surface area contributed by atoms with Gasteiger partial charge in [-0.05, 0) is 37.2 Å². The number of rotatable bonds is 6. The normalized spacial score (nSPS) is 12.4. The molecule has 1 aromatic carbocycles. The van der Waals surface area contributed by atoms with Gasteiger partial charge in [0.15, 0.2) is 0 Å². The topological polar surface area (TPSA) is 27.0 Å². The van der Waals surface area contributed by atoms with Gasteiger partial charge in [-0.15, -0.1) is 0 Å². The molecule has 1 rings (SSSR count). The van der Waals surface area contributed by atoms with Crippen LogP contribution in [0, 0.1) is 17.1 Å². The Labute approximate surface area is 103 Å². The number of hydrogen-bond acceptors (Lipinski definition) is 2. The van der Waals surface area contributed by atoms with Crippen LogP contribution in [0.2, 0.25) is 0 Å². The zero-order chi connectivity index (χ0) is 12.7. The van der Waals surface area contributed by atoms with E-state index in [1.54, 1.807) is 12.1 Å². The quantitative estimate of drug-likeness (QED) is 0.753. The molecule has 1 atom stereocenters. The van der Waals surface area contributed by atoms with Crippen LogP contribution in [0.5, 0.6) is 0 Å². The van der Waals surface area contributed by atoms with E-state index in [1.165, 1.54) is 12.1 Å². The van der Waals surface area contributed by atoms with E-state index in [0.717, 1.165) is 31.5 Å². The first-order valence-corrected chi connectivity index (χ1v) is 6.12. The molecule has 0 bridgehead atoms. The first-order valence-electron chi connectivity index (χ1n) is 6.12. The molecule has 0 heterocycles. The van der Waals surface area contributed by atoms with Crippen molar-refractivity contribution in [2.75, 3.05) is 13.1 Å². The number of nitrogens with zero attached hydrogens (tertiary/aromatic N) is 2. The molecular weight excluding hydrogens is 215 g/mol. The largest absolute Gasteiger partial charge is 0.285 e. The maximum Gasteiger partial charge on any atom is 0.123 e. The molecule has 0 fully saturated rings. The Bertz CT molecular complexity index is 367. The van der Waals surface area contributed by atoms with Gasteiger partial charge in [0.25, 0.3) is 0 Å². The number of halogens is 1. The average molecular weight is 234 g/mol. The van der Waals surface area contributed by atoms with E-state index in [-0.39, 0.29) is 11.9 Å². The fourth-order valence-electron chi connectivity index (χ4n) is 1.84. The van der Waals surface area contributed by atoms with Gasteiger partial charge in [0.2, 0.25) is 0 Å². The zero-order valence-electron chi connectivity index (χ0n) is 10.5. The lowest BCUT2D eigenvalue weighted by Crippen LogP contribution is -2.28. The van der Waals surface area contributed by atoms with E-state index in [9.17, 15) is 9.65 Å². The highest BCUT2D eigenvalue weighted by Crippen LogP contribution is 2.20. The van der Waals surface area contributed by atoms with Crippen molar-refractivity contribution in [2.45, 2.75) is 32.7 Å². The number of hydrogen-bond donors (Lipinski definition) is 0. The molecule has 0 saturated carbocycles. The van der Waals surface area contributed by atoms with E-state index >= 15 is 0 Å². The Kier molecular flexibility index (Phi) is 5.65. The van der Waals surface area contributed by atoms with Crippen LogP contribution in [0.4, 0.5) is 4.39 Å². The van der Waals surface area contributed by atoms with Crippen molar-refractivity contribution < 1.29 is 4.39 Å². The Morgan fingerprint density at radius 2 is 1.94 bits per heavy atom. The molecule has 2 nitrogen and oxygen atoms in total. The van der Waals surface area contributed by atoms with Crippen LogP contribution < -0.4 is 0 Å². The molecule has 0 N–H and O–H groups in total. The minimum Gasteiger partial charge on any atom is -0.285 e. The number of unbranched alkanes of at least 4 members (excludes halogenated alkanes) is 1. The molecule has 0 aliphatic heterocycles. The van der Waals surface area contributed by atoms with E-state index in [4.69, 9.17) is 0 Å². The van der Waals surface area contributed by atoms with Gasteiger partial charge in [-0.1, -0.05) is 32.4 Å². The molecule has 17 heavy (non-hydrogen) atoms. The molecule has 0 amide bonds. The average Bonchev–Trinajstić information content (AvgIpc) is 2.36. The highest BCUT2D eigenvalue weighted by Gasteiger charge is 2.17. The fourth-order valence-corrected chi connectivity index (χ4v) is 1.84. The van der Waals surface area contributed by atoms with Gasteiger partial charge in [0, 0.05) is 0 Å². The predicted octanol–water partition coefficient (Wildman–Crippen LogP) is 3.51. The van der Waals surface area contributed by atoms with Gasteiger partial charge in [-0.2, -0.15) is 5.26 Å². The lowest BCUT2D eigenvalue weighted by molar-refractivity contribution is 0.244. The first kappa shape index (κ1) is 13.7. The smallest absolute Gasteiger partial charge is 0.123 e. The molecule has 3 heteroatoms. The molecule has 0 aromatic heterocycles.